The molecule has 7 heteroatoms. The van der Waals surface area contributed by atoms with Crippen molar-refractivity contribution in [2.75, 3.05) is 29.9 Å². The van der Waals surface area contributed by atoms with Gasteiger partial charge >= 0.3 is 6.03 Å². The zero-order valence-corrected chi connectivity index (χ0v) is 20.2. The molecule has 1 N–H and O–H groups in total. The molecule has 1 saturated heterocycles. The van der Waals surface area contributed by atoms with E-state index in [-0.39, 0.29) is 12.1 Å². The second-order valence-corrected chi connectivity index (χ2v) is 9.28. The lowest BCUT2D eigenvalue weighted by molar-refractivity contribution is 0.198. The zero-order chi connectivity index (χ0) is 22.8. The Morgan fingerprint density at radius 2 is 1.56 bits per heavy atom. The Hall–Kier alpha value is -2.40. The molecular weight excluding hydrogens is 465 g/mol. The summed E-state index contributed by atoms with van der Waals surface area (Å²) in [6.45, 7) is 5.71. The smallest absolute Gasteiger partial charge is 0.322 e. The molecule has 166 valence electrons. The van der Waals surface area contributed by atoms with Crippen molar-refractivity contribution in [3.05, 3.63) is 92.4 Å². The van der Waals surface area contributed by atoms with Gasteiger partial charge in [-0.25, -0.2) is 4.79 Å². The quantitative estimate of drug-likeness (QED) is 0.418. The predicted octanol–water partition coefficient (Wildman–Crippen LogP) is 7.36. The minimum Gasteiger partial charge on any atom is -0.360 e. The van der Waals surface area contributed by atoms with Gasteiger partial charge in [0.05, 0.1) is 16.8 Å². The number of hydrogen-bond donors (Lipinski definition) is 1. The van der Waals surface area contributed by atoms with Crippen LogP contribution < -0.4 is 10.2 Å². The van der Waals surface area contributed by atoms with E-state index in [1.54, 1.807) is 6.07 Å². The van der Waals surface area contributed by atoms with Crippen molar-refractivity contribution >= 4 is 52.2 Å². The Labute approximate surface area is 203 Å². The Morgan fingerprint density at radius 3 is 2.22 bits per heavy atom. The number of amides is 2. The number of hydrogen-bond acceptors (Lipinski definition) is 2. The summed E-state index contributed by atoms with van der Waals surface area (Å²) in [5.41, 5.74) is 4.90. The summed E-state index contributed by atoms with van der Waals surface area (Å²) in [5, 5.41) is 4.96. The zero-order valence-electron chi connectivity index (χ0n) is 17.9. The molecule has 1 aliphatic rings. The first-order valence-corrected chi connectivity index (χ1v) is 11.6. The van der Waals surface area contributed by atoms with Crippen LogP contribution in [-0.4, -0.2) is 30.6 Å². The molecule has 0 bridgehead atoms. The number of nitrogens with one attached hydrogen (secondary N) is 1. The lowest BCUT2D eigenvalue weighted by atomic mass is 10.0. The number of benzene rings is 3. The highest BCUT2D eigenvalue weighted by atomic mass is 35.5. The average molecular weight is 489 g/mol. The highest BCUT2D eigenvalue weighted by Crippen LogP contribution is 2.37. The minimum absolute atomic E-state index is 0.0802. The van der Waals surface area contributed by atoms with E-state index in [4.69, 9.17) is 34.8 Å². The van der Waals surface area contributed by atoms with Crippen LogP contribution in [0.1, 0.15) is 22.7 Å². The van der Waals surface area contributed by atoms with Crippen LogP contribution in [0.5, 0.6) is 0 Å². The van der Waals surface area contributed by atoms with Crippen LogP contribution in [0.25, 0.3) is 0 Å². The Bertz CT molecular complexity index is 1110. The number of rotatable bonds is 3. The Balaban J connectivity index is 1.62. The van der Waals surface area contributed by atoms with Gasteiger partial charge in [-0.05, 0) is 60.9 Å². The van der Waals surface area contributed by atoms with E-state index >= 15 is 0 Å². The van der Waals surface area contributed by atoms with E-state index in [1.165, 1.54) is 0 Å². The second-order valence-electron chi connectivity index (χ2n) is 8.00. The first-order chi connectivity index (χ1) is 15.3. The van der Waals surface area contributed by atoms with Gasteiger partial charge in [-0.15, -0.1) is 0 Å². The van der Waals surface area contributed by atoms with Gasteiger partial charge in [0.2, 0.25) is 0 Å². The molecule has 1 aliphatic heterocycles. The van der Waals surface area contributed by atoms with E-state index in [2.05, 4.69) is 10.2 Å². The summed E-state index contributed by atoms with van der Waals surface area (Å²) in [5.74, 6) is 0. The maximum Gasteiger partial charge on any atom is 0.322 e. The van der Waals surface area contributed by atoms with E-state index in [0.29, 0.717) is 34.7 Å². The van der Waals surface area contributed by atoms with Crippen molar-refractivity contribution in [3.63, 3.8) is 0 Å². The maximum absolute atomic E-state index is 13.2. The molecule has 1 fully saturated rings. The third kappa shape index (κ3) is 4.83. The van der Waals surface area contributed by atoms with Crippen LogP contribution in [0.2, 0.25) is 15.1 Å². The Morgan fingerprint density at radius 1 is 0.906 bits per heavy atom. The van der Waals surface area contributed by atoms with E-state index in [0.717, 1.165) is 28.1 Å². The highest BCUT2D eigenvalue weighted by Gasteiger charge is 2.32. The van der Waals surface area contributed by atoms with Crippen molar-refractivity contribution in [1.29, 1.82) is 0 Å². The largest absolute Gasteiger partial charge is 0.360 e. The van der Waals surface area contributed by atoms with Gasteiger partial charge in [0.25, 0.3) is 0 Å². The van der Waals surface area contributed by atoms with Crippen LogP contribution in [-0.2, 0) is 0 Å². The summed E-state index contributed by atoms with van der Waals surface area (Å²) in [4.78, 5) is 17.3. The topological polar surface area (TPSA) is 35.6 Å². The number of urea groups is 1. The lowest BCUT2D eigenvalue weighted by Gasteiger charge is -2.43. The minimum atomic E-state index is -0.108. The summed E-state index contributed by atoms with van der Waals surface area (Å²) in [6, 6.07) is 19.0. The predicted molar refractivity (Wildman–Crippen MR) is 135 cm³/mol. The molecule has 4 nitrogen and oxygen atoms in total. The molecule has 3 aromatic carbocycles. The average Bonchev–Trinajstić information content (AvgIpc) is 2.77. The van der Waals surface area contributed by atoms with Crippen LogP contribution >= 0.6 is 34.8 Å². The standard InChI is InChI=1S/C25H24Cl3N3O/c1-16-4-3-5-17(2)24(16)29-25(32)30-12-13-31(22-11-10-20(27)14-21(22)28)23(15-30)18-6-8-19(26)9-7-18/h3-11,14,23H,12-13,15H2,1-2H3,(H,29,32). The fourth-order valence-corrected chi connectivity index (χ4v) is 4.78. The van der Waals surface area contributed by atoms with Crippen molar-refractivity contribution in [2.45, 2.75) is 19.9 Å². The molecule has 1 unspecified atom stereocenters. The van der Waals surface area contributed by atoms with Gasteiger partial charge in [0.15, 0.2) is 0 Å². The fourth-order valence-electron chi connectivity index (χ4n) is 4.14. The van der Waals surface area contributed by atoms with Gasteiger partial charge in [-0.1, -0.05) is 65.1 Å². The Kier molecular flexibility index (Phi) is 6.85. The summed E-state index contributed by atoms with van der Waals surface area (Å²) < 4.78 is 0. The van der Waals surface area contributed by atoms with Crippen LogP contribution in [0.4, 0.5) is 16.2 Å². The first-order valence-electron chi connectivity index (χ1n) is 10.4. The molecule has 1 heterocycles. The summed E-state index contributed by atoms with van der Waals surface area (Å²) >= 11 is 18.8. The van der Waals surface area contributed by atoms with Crippen molar-refractivity contribution < 1.29 is 4.79 Å². The number of aryl methyl sites for hydroxylation is 2. The second kappa shape index (κ2) is 9.62. The highest BCUT2D eigenvalue weighted by molar-refractivity contribution is 6.36. The van der Waals surface area contributed by atoms with Gasteiger partial charge < -0.3 is 15.1 Å². The van der Waals surface area contributed by atoms with Gasteiger partial charge in [0.1, 0.15) is 0 Å². The number of nitrogens with zero attached hydrogens (tertiary/aromatic N) is 2. The maximum atomic E-state index is 13.2. The van der Waals surface area contributed by atoms with Crippen LogP contribution in [0.15, 0.2) is 60.7 Å². The molecule has 1 atom stereocenters. The molecule has 3 aromatic rings. The number of halogens is 3. The molecule has 0 aromatic heterocycles. The number of carbonyl (C=O) groups is 1. The van der Waals surface area contributed by atoms with E-state index in [1.807, 2.05) is 73.3 Å². The van der Waals surface area contributed by atoms with Crippen LogP contribution in [0.3, 0.4) is 0 Å². The molecule has 0 aliphatic carbocycles. The number of para-hydroxylation sites is 1. The first kappa shape index (κ1) is 22.8. The third-order valence-electron chi connectivity index (χ3n) is 5.85. The van der Waals surface area contributed by atoms with E-state index in [9.17, 15) is 4.79 Å². The fraction of sp³-hybridized carbons (Fsp3) is 0.240. The molecule has 32 heavy (non-hydrogen) atoms. The summed E-state index contributed by atoms with van der Waals surface area (Å²) in [7, 11) is 0. The SMILES string of the molecule is Cc1cccc(C)c1NC(=O)N1CCN(c2ccc(Cl)cc2Cl)C(c2ccc(Cl)cc2)C1. The van der Waals surface area contributed by atoms with Crippen LogP contribution in [0, 0.1) is 13.8 Å². The van der Waals surface area contributed by atoms with Gasteiger partial charge in [-0.2, -0.15) is 0 Å². The summed E-state index contributed by atoms with van der Waals surface area (Å²) in [6.07, 6.45) is 0. The lowest BCUT2D eigenvalue weighted by Crippen LogP contribution is -2.52. The molecule has 0 spiro atoms. The van der Waals surface area contributed by atoms with Crippen molar-refractivity contribution in [2.24, 2.45) is 0 Å². The normalized spacial score (nSPS) is 16.2. The molecule has 2 amide bonds. The van der Waals surface area contributed by atoms with Gasteiger partial charge in [0, 0.05) is 35.4 Å². The molecule has 0 radical (unpaired) electrons. The monoisotopic (exact) mass is 487 g/mol. The molecular formula is C25H24Cl3N3O. The van der Waals surface area contributed by atoms with Crippen molar-refractivity contribution in [1.82, 2.24) is 4.90 Å². The van der Waals surface area contributed by atoms with Gasteiger partial charge in [-0.3, -0.25) is 0 Å². The molecule has 4 rings (SSSR count). The molecule has 0 saturated carbocycles. The number of piperazine rings is 1. The third-order valence-corrected chi connectivity index (χ3v) is 6.64. The van der Waals surface area contributed by atoms with Crippen molar-refractivity contribution in [3.8, 4) is 0 Å². The number of carbonyl (C=O) groups excluding carboxylic acids is 1. The van der Waals surface area contributed by atoms with E-state index < -0.39 is 0 Å². The number of anilines is 2.